The molecule has 0 bridgehead atoms. The first kappa shape index (κ1) is 9.83. The minimum Gasteiger partial charge on any atom is -0.481 e. The average molecular weight is 187 g/mol. The standard InChI is InChI=1S/C8H13NO4/c1-5-4-6(7(10)11)2-3-9(5)8(12)13/h5-6H,2-4H2,1H3,(H,10,11)(H,12,13)/t5-,6?/m1/s1. The van der Waals surface area contributed by atoms with Gasteiger partial charge in [-0.15, -0.1) is 0 Å². The molecule has 0 aromatic carbocycles. The number of carboxylic acid groups (broad SMARTS) is 2. The Bertz CT molecular complexity index is 228. The zero-order valence-electron chi connectivity index (χ0n) is 7.43. The molecular formula is C8H13NO4. The van der Waals surface area contributed by atoms with Gasteiger partial charge in [-0.2, -0.15) is 0 Å². The van der Waals surface area contributed by atoms with E-state index in [2.05, 4.69) is 0 Å². The number of rotatable bonds is 1. The van der Waals surface area contributed by atoms with Gasteiger partial charge in [-0.3, -0.25) is 4.79 Å². The number of nitrogens with zero attached hydrogens (tertiary/aromatic N) is 1. The Hall–Kier alpha value is -1.26. The molecule has 0 aromatic heterocycles. The highest BCUT2D eigenvalue weighted by Crippen LogP contribution is 2.22. The molecule has 1 unspecified atom stereocenters. The van der Waals surface area contributed by atoms with Crippen molar-refractivity contribution < 1.29 is 19.8 Å². The molecule has 5 heteroatoms. The van der Waals surface area contributed by atoms with E-state index in [9.17, 15) is 9.59 Å². The van der Waals surface area contributed by atoms with E-state index in [1.807, 2.05) is 0 Å². The van der Waals surface area contributed by atoms with Gasteiger partial charge < -0.3 is 15.1 Å². The second-order valence-corrected chi connectivity index (χ2v) is 3.38. The van der Waals surface area contributed by atoms with Gasteiger partial charge in [0.2, 0.25) is 0 Å². The van der Waals surface area contributed by atoms with Crippen molar-refractivity contribution in [1.29, 1.82) is 0 Å². The monoisotopic (exact) mass is 187 g/mol. The lowest BCUT2D eigenvalue weighted by Crippen LogP contribution is -2.45. The minimum atomic E-state index is -0.962. The fourth-order valence-electron chi connectivity index (χ4n) is 1.68. The molecule has 13 heavy (non-hydrogen) atoms. The van der Waals surface area contributed by atoms with Crippen LogP contribution in [0.2, 0.25) is 0 Å². The zero-order chi connectivity index (χ0) is 10.0. The summed E-state index contributed by atoms with van der Waals surface area (Å²) in [6.07, 6.45) is -0.121. The second-order valence-electron chi connectivity index (χ2n) is 3.38. The Morgan fingerprint density at radius 3 is 2.38 bits per heavy atom. The van der Waals surface area contributed by atoms with Crippen LogP contribution >= 0.6 is 0 Å². The molecule has 0 aliphatic carbocycles. The van der Waals surface area contributed by atoms with E-state index in [-0.39, 0.29) is 12.0 Å². The van der Waals surface area contributed by atoms with Crippen LogP contribution in [-0.4, -0.2) is 39.8 Å². The second kappa shape index (κ2) is 3.64. The molecule has 0 spiro atoms. The molecule has 0 saturated carbocycles. The summed E-state index contributed by atoms with van der Waals surface area (Å²) in [7, 11) is 0. The minimum absolute atomic E-state index is 0.188. The molecule has 5 nitrogen and oxygen atoms in total. The predicted molar refractivity (Wildman–Crippen MR) is 44.6 cm³/mol. The number of piperidine rings is 1. The van der Waals surface area contributed by atoms with Crippen molar-refractivity contribution in [3.63, 3.8) is 0 Å². The van der Waals surface area contributed by atoms with Gasteiger partial charge in [0.1, 0.15) is 0 Å². The maximum atomic E-state index is 10.6. The van der Waals surface area contributed by atoms with Gasteiger partial charge in [0.15, 0.2) is 0 Å². The van der Waals surface area contributed by atoms with Crippen LogP contribution in [0.3, 0.4) is 0 Å². The van der Waals surface area contributed by atoms with E-state index in [0.717, 1.165) is 0 Å². The summed E-state index contributed by atoms with van der Waals surface area (Å²) in [5, 5.41) is 17.4. The van der Waals surface area contributed by atoms with Gasteiger partial charge >= 0.3 is 12.1 Å². The Morgan fingerprint density at radius 1 is 1.38 bits per heavy atom. The van der Waals surface area contributed by atoms with Crippen LogP contribution in [0.15, 0.2) is 0 Å². The third-order valence-electron chi connectivity index (χ3n) is 2.47. The summed E-state index contributed by atoms with van der Waals surface area (Å²) in [5.41, 5.74) is 0. The van der Waals surface area contributed by atoms with Gasteiger partial charge in [-0.05, 0) is 19.8 Å². The summed E-state index contributed by atoms with van der Waals surface area (Å²) >= 11 is 0. The van der Waals surface area contributed by atoms with E-state index >= 15 is 0 Å². The Kier molecular flexibility index (Phi) is 2.75. The first-order chi connectivity index (χ1) is 6.02. The van der Waals surface area contributed by atoms with Crippen molar-refractivity contribution in [1.82, 2.24) is 4.90 Å². The Balaban J connectivity index is 2.56. The maximum Gasteiger partial charge on any atom is 0.407 e. The molecule has 1 heterocycles. The first-order valence-corrected chi connectivity index (χ1v) is 4.24. The van der Waals surface area contributed by atoms with Crippen LogP contribution in [0, 0.1) is 5.92 Å². The molecule has 1 aliphatic heterocycles. The van der Waals surface area contributed by atoms with Crippen LogP contribution in [-0.2, 0) is 4.79 Å². The summed E-state index contributed by atoms with van der Waals surface area (Å²) in [4.78, 5) is 22.5. The molecule has 1 rings (SSSR count). The van der Waals surface area contributed by atoms with E-state index in [4.69, 9.17) is 10.2 Å². The molecule has 74 valence electrons. The summed E-state index contributed by atoms with van der Waals surface area (Å²) in [5.74, 6) is -1.21. The van der Waals surface area contributed by atoms with Crippen LogP contribution < -0.4 is 0 Å². The highest BCUT2D eigenvalue weighted by atomic mass is 16.4. The number of likely N-dealkylation sites (tertiary alicyclic amines) is 1. The van der Waals surface area contributed by atoms with E-state index in [1.165, 1.54) is 4.90 Å². The van der Waals surface area contributed by atoms with Crippen molar-refractivity contribution >= 4 is 12.1 Å². The lowest BCUT2D eigenvalue weighted by molar-refractivity contribution is -0.143. The fraction of sp³-hybridized carbons (Fsp3) is 0.750. The van der Waals surface area contributed by atoms with Crippen molar-refractivity contribution in [2.75, 3.05) is 6.54 Å². The molecule has 1 amide bonds. The topological polar surface area (TPSA) is 77.8 Å². The molecule has 1 fully saturated rings. The van der Waals surface area contributed by atoms with Gasteiger partial charge in [-0.1, -0.05) is 0 Å². The van der Waals surface area contributed by atoms with Crippen LogP contribution in [0.5, 0.6) is 0 Å². The normalized spacial score (nSPS) is 28.5. The van der Waals surface area contributed by atoms with Gasteiger partial charge in [0.25, 0.3) is 0 Å². The van der Waals surface area contributed by atoms with E-state index < -0.39 is 12.1 Å². The number of carbonyl (C=O) groups is 2. The first-order valence-electron chi connectivity index (χ1n) is 4.24. The summed E-state index contributed by atoms with van der Waals surface area (Å²) in [6.45, 7) is 2.07. The quantitative estimate of drug-likeness (QED) is 0.637. The maximum absolute atomic E-state index is 10.6. The van der Waals surface area contributed by atoms with Crippen LogP contribution in [0.1, 0.15) is 19.8 Å². The summed E-state index contributed by atoms with van der Waals surface area (Å²) < 4.78 is 0. The number of aliphatic carboxylic acids is 1. The lowest BCUT2D eigenvalue weighted by atomic mass is 9.92. The van der Waals surface area contributed by atoms with E-state index in [1.54, 1.807) is 6.92 Å². The van der Waals surface area contributed by atoms with Crippen molar-refractivity contribution in [3.8, 4) is 0 Å². The van der Waals surface area contributed by atoms with Gasteiger partial charge in [0.05, 0.1) is 5.92 Å². The number of amides is 1. The number of hydrogen-bond donors (Lipinski definition) is 2. The van der Waals surface area contributed by atoms with Crippen LogP contribution in [0.25, 0.3) is 0 Å². The molecule has 1 saturated heterocycles. The Morgan fingerprint density at radius 2 is 2.00 bits per heavy atom. The Labute approximate surface area is 76.0 Å². The van der Waals surface area contributed by atoms with Crippen molar-refractivity contribution in [2.45, 2.75) is 25.8 Å². The van der Waals surface area contributed by atoms with Gasteiger partial charge in [0, 0.05) is 12.6 Å². The highest BCUT2D eigenvalue weighted by Gasteiger charge is 2.31. The third-order valence-corrected chi connectivity index (χ3v) is 2.47. The van der Waals surface area contributed by atoms with Gasteiger partial charge in [-0.25, -0.2) is 4.79 Å². The average Bonchev–Trinajstić information content (AvgIpc) is 2.03. The van der Waals surface area contributed by atoms with E-state index in [0.29, 0.717) is 19.4 Å². The highest BCUT2D eigenvalue weighted by molar-refractivity contribution is 5.71. The molecule has 2 atom stereocenters. The molecule has 0 aromatic rings. The number of carboxylic acids is 1. The predicted octanol–water partition coefficient (Wildman–Crippen LogP) is 0.850. The van der Waals surface area contributed by atoms with Crippen molar-refractivity contribution in [2.24, 2.45) is 5.92 Å². The smallest absolute Gasteiger partial charge is 0.407 e. The number of hydrogen-bond acceptors (Lipinski definition) is 2. The molecular weight excluding hydrogens is 174 g/mol. The molecule has 1 aliphatic rings. The van der Waals surface area contributed by atoms with Crippen LogP contribution in [0.4, 0.5) is 4.79 Å². The summed E-state index contributed by atoms with van der Waals surface area (Å²) in [6, 6.07) is -0.188. The molecule has 2 N–H and O–H groups in total. The SMILES string of the molecule is C[C@@H]1CC(C(=O)O)CCN1C(=O)O. The lowest BCUT2D eigenvalue weighted by Gasteiger charge is -2.33. The molecule has 0 radical (unpaired) electrons. The zero-order valence-corrected chi connectivity index (χ0v) is 7.43. The largest absolute Gasteiger partial charge is 0.481 e. The fourth-order valence-corrected chi connectivity index (χ4v) is 1.68. The third kappa shape index (κ3) is 2.11. The van der Waals surface area contributed by atoms with Crippen molar-refractivity contribution in [3.05, 3.63) is 0 Å².